The topological polar surface area (TPSA) is 59.8 Å². The van der Waals surface area contributed by atoms with Crippen molar-refractivity contribution in [1.82, 2.24) is 14.8 Å². The summed E-state index contributed by atoms with van der Waals surface area (Å²) in [5.74, 6) is 1.66. The molecule has 2 aromatic heterocycles. The molecule has 1 amide bonds. The summed E-state index contributed by atoms with van der Waals surface area (Å²) in [6, 6.07) is 5.17. The van der Waals surface area contributed by atoms with Gasteiger partial charge in [-0.1, -0.05) is 41.9 Å². The van der Waals surface area contributed by atoms with Gasteiger partial charge in [0.05, 0.1) is 16.5 Å². The van der Waals surface area contributed by atoms with E-state index in [0.717, 1.165) is 29.7 Å². The fraction of sp³-hybridized carbons (Fsp3) is 0.409. The van der Waals surface area contributed by atoms with Gasteiger partial charge >= 0.3 is 0 Å². The number of halogens is 2. The van der Waals surface area contributed by atoms with Crippen molar-refractivity contribution in [3.63, 3.8) is 0 Å². The van der Waals surface area contributed by atoms with Crippen LogP contribution in [0.5, 0.6) is 0 Å². The Balaban J connectivity index is 1.52. The van der Waals surface area contributed by atoms with E-state index < -0.39 is 0 Å². The lowest BCUT2D eigenvalue weighted by Gasteiger charge is -2.19. The van der Waals surface area contributed by atoms with Gasteiger partial charge in [-0.15, -0.1) is 21.5 Å². The van der Waals surface area contributed by atoms with E-state index in [0.29, 0.717) is 15.7 Å². The molecule has 2 heterocycles. The Hall–Kier alpha value is -1.54. The fourth-order valence-electron chi connectivity index (χ4n) is 3.80. The maximum atomic E-state index is 12.5. The Bertz CT molecular complexity index is 1110. The van der Waals surface area contributed by atoms with Crippen LogP contribution in [0.15, 0.2) is 28.7 Å². The normalized spacial score (nSPS) is 15.9. The van der Waals surface area contributed by atoms with E-state index >= 15 is 0 Å². The van der Waals surface area contributed by atoms with Gasteiger partial charge in [0.1, 0.15) is 0 Å². The molecule has 3 aromatic rings. The van der Waals surface area contributed by atoms with Gasteiger partial charge in [0.25, 0.3) is 0 Å². The monoisotopic (exact) mass is 494 g/mol. The summed E-state index contributed by atoms with van der Waals surface area (Å²) < 4.78 is 2.13. The molecule has 4 rings (SSSR count). The third kappa shape index (κ3) is 4.95. The van der Waals surface area contributed by atoms with E-state index in [1.54, 1.807) is 18.2 Å². The van der Waals surface area contributed by atoms with Gasteiger partial charge in [0.2, 0.25) is 5.91 Å². The van der Waals surface area contributed by atoms with Crippen LogP contribution in [0.4, 0.5) is 5.69 Å². The minimum atomic E-state index is -0.170. The Morgan fingerprint density at radius 2 is 2.16 bits per heavy atom. The fourth-order valence-corrected chi connectivity index (χ4v) is 6.25. The molecule has 1 aliphatic carbocycles. The predicted octanol–water partition coefficient (Wildman–Crippen LogP) is 6.75. The number of carbonyl (C=O) groups excluding carboxylic acids is 1. The SMILES string of the molecule is CC1CCc2c(-c3nnc(SCC(=O)Nc4cc(Cl)ccc4Cl)n3C(C)C)csc2C1. The molecule has 1 unspecified atom stereocenters. The third-order valence-corrected chi connectivity index (χ3v) is 7.92. The van der Waals surface area contributed by atoms with Crippen molar-refractivity contribution in [3.8, 4) is 11.4 Å². The number of nitrogens with zero attached hydrogens (tertiary/aromatic N) is 3. The average molecular weight is 496 g/mol. The number of hydrogen-bond donors (Lipinski definition) is 1. The number of rotatable bonds is 6. The second-order valence-electron chi connectivity index (χ2n) is 8.13. The van der Waals surface area contributed by atoms with E-state index in [-0.39, 0.29) is 17.7 Å². The van der Waals surface area contributed by atoms with Crippen molar-refractivity contribution in [3.05, 3.63) is 44.1 Å². The highest BCUT2D eigenvalue weighted by atomic mass is 35.5. The molecule has 0 bridgehead atoms. The van der Waals surface area contributed by atoms with Crippen LogP contribution in [0.2, 0.25) is 10.0 Å². The van der Waals surface area contributed by atoms with Gasteiger partial charge in [-0.05, 0) is 62.8 Å². The average Bonchev–Trinajstić information content (AvgIpc) is 3.32. The van der Waals surface area contributed by atoms with Gasteiger partial charge < -0.3 is 5.32 Å². The molecule has 5 nitrogen and oxygen atoms in total. The largest absolute Gasteiger partial charge is 0.324 e. The molecule has 31 heavy (non-hydrogen) atoms. The number of thiophene rings is 1. The summed E-state index contributed by atoms with van der Waals surface area (Å²) >= 11 is 15.3. The molecule has 1 aliphatic rings. The summed E-state index contributed by atoms with van der Waals surface area (Å²) in [5.41, 5.74) is 3.11. The van der Waals surface area contributed by atoms with Gasteiger partial charge in [-0.25, -0.2) is 0 Å². The van der Waals surface area contributed by atoms with Crippen LogP contribution in [0.3, 0.4) is 0 Å². The zero-order valence-electron chi connectivity index (χ0n) is 17.6. The number of amides is 1. The summed E-state index contributed by atoms with van der Waals surface area (Å²) in [6.45, 7) is 6.54. The standard InChI is InChI=1S/C22H24Cl2N4OS2/c1-12(2)28-21(16-10-30-19-8-13(3)4-6-15(16)19)26-27-22(28)31-11-20(29)25-18-9-14(23)5-7-17(18)24/h5,7,9-10,12-13H,4,6,8,11H2,1-3H3,(H,25,29). The molecule has 1 aromatic carbocycles. The van der Waals surface area contributed by atoms with Crippen LogP contribution in [0, 0.1) is 5.92 Å². The van der Waals surface area contributed by atoms with Gasteiger partial charge in [-0.2, -0.15) is 0 Å². The van der Waals surface area contributed by atoms with Crippen LogP contribution >= 0.6 is 46.3 Å². The van der Waals surface area contributed by atoms with Crippen LogP contribution in [0.25, 0.3) is 11.4 Å². The number of thioether (sulfide) groups is 1. The molecular formula is C22H24Cl2N4OS2. The maximum Gasteiger partial charge on any atom is 0.234 e. The van der Waals surface area contributed by atoms with Crippen molar-refractivity contribution in [2.75, 3.05) is 11.1 Å². The highest BCUT2D eigenvalue weighted by Gasteiger charge is 2.25. The van der Waals surface area contributed by atoms with Crippen LogP contribution < -0.4 is 5.32 Å². The smallest absolute Gasteiger partial charge is 0.234 e. The Labute approximate surface area is 200 Å². The second kappa shape index (κ2) is 9.53. The van der Waals surface area contributed by atoms with Crippen LogP contribution in [-0.2, 0) is 17.6 Å². The minimum absolute atomic E-state index is 0.170. The molecule has 0 fully saturated rings. The van der Waals surface area contributed by atoms with Gasteiger partial charge in [0, 0.05) is 26.9 Å². The van der Waals surface area contributed by atoms with E-state index in [1.807, 2.05) is 11.3 Å². The van der Waals surface area contributed by atoms with Crippen LogP contribution in [0.1, 0.15) is 43.7 Å². The van der Waals surface area contributed by atoms with Crippen LogP contribution in [-0.4, -0.2) is 26.4 Å². The Morgan fingerprint density at radius 3 is 2.94 bits per heavy atom. The lowest BCUT2D eigenvalue weighted by molar-refractivity contribution is -0.113. The highest BCUT2D eigenvalue weighted by molar-refractivity contribution is 7.99. The van der Waals surface area contributed by atoms with Crippen molar-refractivity contribution in [2.24, 2.45) is 5.92 Å². The molecule has 0 aliphatic heterocycles. The van der Waals surface area contributed by atoms with Crippen molar-refractivity contribution >= 4 is 57.9 Å². The van der Waals surface area contributed by atoms with Gasteiger partial charge in [0.15, 0.2) is 11.0 Å². The summed E-state index contributed by atoms with van der Waals surface area (Å²) in [4.78, 5) is 14.0. The molecular weight excluding hydrogens is 471 g/mol. The molecule has 1 N–H and O–H groups in total. The molecule has 0 saturated carbocycles. The van der Waals surface area contributed by atoms with Crippen molar-refractivity contribution < 1.29 is 4.79 Å². The number of anilines is 1. The first-order chi connectivity index (χ1) is 14.8. The Morgan fingerprint density at radius 1 is 1.35 bits per heavy atom. The summed E-state index contributed by atoms with van der Waals surface area (Å²) in [7, 11) is 0. The molecule has 164 valence electrons. The minimum Gasteiger partial charge on any atom is -0.324 e. The molecule has 9 heteroatoms. The summed E-state index contributed by atoms with van der Waals surface area (Å²) in [6.07, 6.45) is 3.44. The van der Waals surface area contributed by atoms with E-state index in [4.69, 9.17) is 23.2 Å². The number of benzene rings is 1. The molecule has 0 spiro atoms. The number of aromatic nitrogens is 3. The Kier molecular flexibility index (Phi) is 6.96. The molecule has 0 saturated heterocycles. The number of fused-ring (bicyclic) bond motifs is 1. The third-order valence-electron chi connectivity index (χ3n) is 5.36. The van der Waals surface area contributed by atoms with Crippen molar-refractivity contribution in [1.29, 1.82) is 0 Å². The second-order valence-corrected chi connectivity index (χ2v) is 10.9. The zero-order chi connectivity index (χ0) is 22.1. The lowest BCUT2D eigenvalue weighted by Crippen LogP contribution is -2.15. The number of carbonyl (C=O) groups is 1. The van der Waals surface area contributed by atoms with E-state index in [2.05, 4.69) is 46.2 Å². The first kappa shape index (κ1) is 22.6. The highest BCUT2D eigenvalue weighted by Crippen LogP contribution is 2.39. The molecule has 1 atom stereocenters. The van der Waals surface area contributed by atoms with Crippen molar-refractivity contribution in [2.45, 2.75) is 51.2 Å². The van der Waals surface area contributed by atoms with E-state index in [1.165, 1.54) is 34.2 Å². The van der Waals surface area contributed by atoms with E-state index in [9.17, 15) is 4.79 Å². The predicted molar refractivity (Wildman–Crippen MR) is 131 cm³/mol. The van der Waals surface area contributed by atoms with Gasteiger partial charge in [-0.3, -0.25) is 9.36 Å². The first-order valence-electron chi connectivity index (χ1n) is 10.3. The maximum absolute atomic E-state index is 12.5. The number of hydrogen-bond acceptors (Lipinski definition) is 5. The summed E-state index contributed by atoms with van der Waals surface area (Å²) in [5, 5.41) is 15.7. The molecule has 0 radical (unpaired) electrons. The quantitative estimate of drug-likeness (QED) is 0.385. The zero-order valence-corrected chi connectivity index (χ0v) is 20.8. The lowest BCUT2D eigenvalue weighted by atomic mass is 9.88. The number of nitrogens with one attached hydrogen (secondary N) is 1. The first-order valence-corrected chi connectivity index (χ1v) is 12.9.